The monoisotopic (exact) mass is 334 g/mol. The third-order valence-corrected chi connectivity index (χ3v) is 3.81. The van der Waals surface area contributed by atoms with Crippen molar-refractivity contribution in [1.82, 2.24) is 10.2 Å². The summed E-state index contributed by atoms with van der Waals surface area (Å²) >= 11 is 1.37. The van der Waals surface area contributed by atoms with Gasteiger partial charge in [-0.3, -0.25) is 14.9 Å². The van der Waals surface area contributed by atoms with Crippen LogP contribution in [0.5, 0.6) is 5.75 Å². The van der Waals surface area contributed by atoms with Gasteiger partial charge in [-0.25, -0.2) is 0 Å². The quantitative estimate of drug-likeness (QED) is 0.768. The third-order valence-electron chi connectivity index (χ3n) is 2.91. The van der Waals surface area contributed by atoms with E-state index in [1.807, 2.05) is 0 Å². The highest BCUT2D eigenvalue weighted by Gasteiger charge is 2.11. The van der Waals surface area contributed by atoms with Gasteiger partial charge in [-0.15, -0.1) is 10.2 Å². The number of ether oxygens (including phenoxy) is 1. The van der Waals surface area contributed by atoms with Gasteiger partial charge in [0.15, 0.2) is 6.61 Å². The SMILES string of the molecule is CCCCc1nnc(NC(=O)c2cccc(OCC(N)=O)c2)s1. The van der Waals surface area contributed by atoms with Crippen LogP contribution in [-0.2, 0) is 11.2 Å². The number of unbranched alkanes of at least 4 members (excludes halogenated alkanes) is 1. The summed E-state index contributed by atoms with van der Waals surface area (Å²) in [6.45, 7) is 1.87. The number of amides is 2. The maximum Gasteiger partial charge on any atom is 0.257 e. The lowest BCUT2D eigenvalue weighted by atomic mass is 10.2. The molecule has 23 heavy (non-hydrogen) atoms. The zero-order chi connectivity index (χ0) is 16.7. The van der Waals surface area contributed by atoms with Gasteiger partial charge >= 0.3 is 0 Å². The van der Waals surface area contributed by atoms with Crippen molar-refractivity contribution in [2.24, 2.45) is 5.73 Å². The summed E-state index contributed by atoms with van der Waals surface area (Å²) in [5, 5.41) is 12.1. The van der Waals surface area contributed by atoms with Crippen LogP contribution >= 0.6 is 11.3 Å². The number of nitrogens with two attached hydrogens (primary N) is 1. The Balaban J connectivity index is 1.98. The molecule has 0 aliphatic rings. The lowest BCUT2D eigenvalue weighted by Crippen LogP contribution is -2.20. The van der Waals surface area contributed by atoms with E-state index in [2.05, 4.69) is 22.4 Å². The van der Waals surface area contributed by atoms with Gasteiger partial charge in [0, 0.05) is 12.0 Å². The van der Waals surface area contributed by atoms with E-state index in [0.29, 0.717) is 16.4 Å². The van der Waals surface area contributed by atoms with Gasteiger partial charge in [0.25, 0.3) is 11.8 Å². The number of hydrogen-bond acceptors (Lipinski definition) is 6. The molecule has 2 amide bonds. The Labute approximate surface area is 137 Å². The van der Waals surface area contributed by atoms with Crippen molar-refractivity contribution in [3.05, 3.63) is 34.8 Å². The van der Waals surface area contributed by atoms with Crippen LogP contribution in [0.1, 0.15) is 35.1 Å². The number of carbonyl (C=O) groups is 2. The Morgan fingerprint density at radius 3 is 2.91 bits per heavy atom. The average Bonchev–Trinajstić information content (AvgIpc) is 2.98. The molecular weight excluding hydrogens is 316 g/mol. The molecule has 7 nitrogen and oxygen atoms in total. The van der Waals surface area contributed by atoms with Gasteiger partial charge in [-0.1, -0.05) is 30.7 Å². The number of rotatable bonds is 8. The van der Waals surface area contributed by atoms with Crippen LogP contribution in [-0.4, -0.2) is 28.6 Å². The maximum atomic E-state index is 12.2. The molecule has 1 aromatic heterocycles. The molecule has 2 aromatic rings. The predicted molar refractivity (Wildman–Crippen MR) is 87.6 cm³/mol. The lowest BCUT2D eigenvalue weighted by molar-refractivity contribution is -0.119. The number of aryl methyl sites for hydroxylation is 1. The summed E-state index contributed by atoms with van der Waals surface area (Å²) in [5.41, 5.74) is 5.42. The first-order valence-corrected chi connectivity index (χ1v) is 8.05. The molecule has 0 radical (unpaired) electrons. The van der Waals surface area contributed by atoms with E-state index in [1.54, 1.807) is 18.2 Å². The second-order valence-corrected chi connectivity index (χ2v) is 5.90. The molecule has 122 valence electrons. The normalized spacial score (nSPS) is 10.3. The molecule has 0 fully saturated rings. The second kappa shape index (κ2) is 8.23. The van der Waals surface area contributed by atoms with Crippen LogP contribution < -0.4 is 15.8 Å². The standard InChI is InChI=1S/C15H18N4O3S/c1-2-3-7-13-18-19-15(23-13)17-14(21)10-5-4-6-11(8-10)22-9-12(16)20/h4-6,8H,2-3,7,9H2,1H3,(H2,16,20)(H,17,19,21). The molecule has 0 spiro atoms. The van der Waals surface area contributed by atoms with Crippen molar-refractivity contribution >= 4 is 28.3 Å². The number of anilines is 1. The van der Waals surface area contributed by atoms with Crippen LogP contribution in [0.4, 0.5) is 5.13 Å². The van der Waals surface area contributed by atoms with Crippen LogP contribution in [0.15, 0.2) is 24.3 Å². The highest BCUT2D eigenvalue weighted by Crippen LogP contribution is 2.19. The minimum Gasteiger partial charge on any atom is -0.484 e. The minimum absolute atomic E-state index is 0.234. The first-order chi connectivity index (χ1) is 11.1. The smallest absolute Gasteiger partial charge is 0.257 e. The summed E-state index contributed by atoms with van der Waals surface area (Å²) in [5.74, 6) is -0.488. The Kier molecular flexibility index (Phi) is 6.04. The van der Waals surface area contributed by atoms with Crippen molar-refractivity contribution in [3.63, 3.8) is 0 Å². The first kappa shape index (κ1) is 16.9. The number of benzene rings is 1. The van der Waals surface area contributed by atoms with E-state index in [1.165, 1.54) is 17.4 Å². The fourth-order valence-electron chi connectivity index (χ4n) is 1.78. The maximum absolute atomic E-state index is 12.2. The minimum atomic E-state index is -0.576. The van der Waals surface area contributed by atoms with Crippen LogP contribution in [0.2, 0.25) is 0 Å². The third kappa shape index (κ3) is 5.33. The van der Waals surface area contributed by atoms with E-state index >= 15 is 0 Å². The molecule has 0 saturated carbocycles. The Morgan fingerprint density at radius 1 is 1.35 bits per heavy atom. The number of nitrogens with zero attached hydrogens (tertiary/aromatic N) is 2. The Morgan fingerprint density at radius 2 is 2.17 bits per heavy atom. The van der Waals surface area contributed by atoms with Crippen molar-refractivity contribution in [2.45, 2.75) is 26.2 Å². The van der Waals surface area contributed by atoms with Gasteiger partial charge in [0.2, 0.25) is 5.13 Å². The average molecular weight is 334 g/mol. The second-order valence-electron chi connectivity index (χ2n) is 4.84. The molecule has 2 rings (SSSR count). The van der Waals surface area contributed by atoms with Gasteiger partial charge in [-0.05, 0) is 24.6 Å². The van der Waals surface area contributed by atoms with Gasteiger partial charge in [0.05, 0.1) is 0 Å². The first-order valence-electron chi connectivity index (χ1n) is 7.23. The molecule has 0 atom stereocenters. The highest BCUT2D eigenvalue weighted by atomic mass is 32.1. The lowest BCUT2D eigenvalue weighted by Gasteiger charge is -2.06. The Bertz CT molecular complexity index is 687. The molecule has 8 heteroatoms. The molecule has 0 saturated heterocycles. The fraction of sp³-hybridized carbons (Fsp3) is 0.333. The van der Waals surface area contributed by atoms with E-state index in [4.69, 9.17) is 10.5 Å². The van der Waals surface area contributed by atoms with Gasteiger partial charge < -0.3 is 10.5 Å². The molecular formula is C15H18N4O3S. The van der Waals surface area contributed by atoms with Gasteiger partial charge in [-0.2, -0.15) is 0 Å². The molecule has 0 bridgehead atoms. The molecule has 1 heterocycles. The van der Waals surface area contributed by atoms with Crippen molar-refractivity contribution in [3.8, 4) is 5.75 Å². The molecule has 0 aliphatic heterocycles. The van der Waals surface area contributed by atoms with E-state index in [9.17, 15) is 9.59 Å². The van der Waals surface area contributed by atoms with Crippen molar-refractivity contribution in [2.75, 3.05) is 11.9 Å². The number of aromatic nitrogens is 2. The molecule has 0 unspecified atom stereocenters. The van der Waals surface area contributed by atoms with Crippen LogP contribution in [0.3, 0.4) is 0 Å². The summed E-state index contributed by atoms with van der Waals surface area (Å²) < 4.78 is 5.18. The Hall–Kier alpha value is -2.48. The summed E-state index contributed by atoms with van der Waals surface area (Å²) in [7, 11) is 0. The molecule has 3 N–H and O–H groups in total. The number of carbonyl (C=O) groups excluding carboxylic acids is 2. The number of nitrogens with one attached hydrogen (secondary N) is 1. The molecule has 1 aromatic carbocycles. The zero-order valence-electron chi connectivity index (χ0n) is 12.7. The van der Waals surface area contributed by atoms with Crippen molar-refractivity contribution in [1.29, 1.82) is 0 Å². The number of primary amides is 1. The van der Waals surface area contributed by atoms with Crippen molar-refractivity contribution < 1.29 is 14.3 Å². The highest BCUT2D eigenvalue weighted by molar-refractivity contribution is 7.15. The van der Waals surface area contributed by atoms with Crippen LogP contribution in [0, 0.1) is 0 Å². The van der Waals surface area contributed by atoms with Crippen LogP contribution in [0.25, 0.3) is 0 Å². The van der Waals surface area contributed by atoms with E-state index in [-0.39, 0.29) is 12.5 Å². The molecule has 0 aliphatic carbocycles. The fourth-order valence-corrected chi connectivity index (χ4v) is 2.56. The zero-order valence-corrected chi connectivity index (χ0v) is 13.6. The summed E-state index contributed by atoms with van der Waals surface area (Å²) in [6, 6.07) is 6.49. The van der Waals surface area contributed by atoms with Gasteiger partial charge in [0.1, 0.15) is 10.8 Å². The van der Waals surface area contributed by atoms with E-state index in [0.717, 1.165) is 24.3 Å². The number of hydrogen-bond donors (Lipinski definition) is 2. The predicted octanol–water partition coefficient (Wildman–Crippen LogP) is 2.00. The largest absolute Gasteiger partial charge is 0.484 e. The van der Waals surface area contributed by atoms with E-state index < -0.39 is 5.91 Å². The topological polar surface area (TPSA) is 107 Å². The summed E-state index contributed by atoms with van der Waals surface area (Å²) in [4.78, 5) is 22.9. The summed E-state index contributed by atoms with van der Waals surface area (Å²) in [6.07, 6.45) is 2.99.